The van der Waals surface area contributed by atoms with Gasteiger partial charge in [-0.3, -0.25) is 4.98 Å². The summed E-state index contributed by atoms with van der Waals surface area (Å²) in [6, 6.07) is 4.34. The van der Waals surface area contributed by atoms with Gasteiger partial charge >= 0.3 is 5.92 Å². The van der Waals surface area contributed by atoms with Gasteiger partial charge in [0, 0.05) is 24.4 Å². The minimum absolute atomic E-state index is 0.351. The molecule has 3 rings (SSSR count). The van der Waals surface area contributed by atoms with E-state index in [0.29, 0.717) is 24.8 Å². The van der Waals surface area contributed by atoms with Crippen molar-refractivity contribution in [2.75, 3.05) is 13.2 Å². The number of hydrogen-bond donors (Lipinski definition) is 1. The average molecular weight is 437 g/mol. The minimum atomic E-state index is -4.09. The van der Waals surface area contributed by atoms with Crippen molar-refractivity contribution < 1.29 is 27.4 Å². The van der Waals surface area contributed by atoms with Gasteiger partial charge in [0.25, 0.3) is 0 Å². The van der Waals surface area contributed by atoms with Crippen molar-refractivity contribution in [2.24, 2.45) is 0 Å². The van der Waals surface area contributed by atoms with Gasteiger partial charge in [-0.15, -0.1) is 5.10 Å². The lowest BCUT2D eigenvalue weighted by atomic mass is 9.84. The summed E-state index contributed by atoms with van der Waals surface area (Å²) in [5, 5.41) is 21.2. The molecule has 0 amide bonds. The molecule has 1 N–H and O–H groups in total. The van der Waals surface area contributed by atoms with E-state index >= 15 is 8.78 Å². The number of rotatable bonds is 9. The van der Waals surface area contributed by atoms with Crippen LogP contribution in [0.25, 0.3) is 6.08 Å². The number of nitrogens with zero attached hydrogens (tertiary/aromatic N) is 5. The molecule has 1 aromatic carbocycles. The molecule has 164 valence electrons. The average Bonchev–Trinajstić information content (AvgIpc) is 3.24. The Morgan fingerprint density at radius 2 is 2.00 bits per heavy atom. The third-order valence-corrected chi connectivity index (χ3v) is 4.51. The second-order valence-electron chi connectivity index (χ2n) is 6.60. The Morgan fingerprint density at radius 3 is 2.61 bits per heavy atom. The van der Waals surface area contributed by atoms with Crippen LogP contribution >= 0.6 is 0 Å². The van der Waals surface area contributed by atoms with Gasteiger partial charge < -0.3 is 9.84 Å². The third-order valence-electron chi connectivity index (χ3n) is 4.51. The molecule has 7 nitrogen and oxygen atoms in total. The Balaban J connectivity index is 2.00. The van der Waals surface area contributed by atoms with Gasteiger partial charge in [-0.2, -0.15) is 8.78 Å². The Morgan fingerprint density at radius 1 is 1.19 bits per heavy atom. The van der Waals surface area contributed by atoms with Crippen molar-refractivity contribution in [2.45, 2.75) is 25.0 Å². The fourth-order valence-electron chi connectivity index (χ4n) is 2.94. The normalized spacial score (nSPS) is 14.1. The molecule has 0 aliphatic heterocycles. The molecule has 0 saturated carbocycles. The molecule has 0 radical (unpaired) electrons. The van der Waals surface area contributed by atoms with Crippen LogP contribution in [0.15, 0.2) is 48.9 Å². The summed E-state index contributed by atoms with van der Waals surface area (Å²) in [5.74, 6) is -6.41. The molecule has 0 bridgehead atoms. The zero-order chi connectivity index (χ0) is 22.5. The van der Waals surface area contributed by atoms with Gasteiger partial charge in [-0.25, -0.2) is 13.5 Å². The monoisotopic (exact) mass is 437 g/mol. The highest BCUT2D eigenvalue weighted by Crippen LogP contribution is 2.46. The molecule has 2 heterocycles. The molecular weight excluding hydrogens is 418 g/mol. The SMILES string of the molecule is CCOC/C=C\c1ccc(C(F)(F)C(O)(Cn2cnnn2)c2ccc(F)cc2F)nc1. The van der Waals surface area contributed by atoms with Gasteiger partial charge in [0.1, 0.15) is 23.7 Å². The van der Waals surface area contributed by atoms with Crippen molar-refractivity contribution in [1.29, 1.82) is 0 Å². The van der Waals surface area contributed by atoms with Crippen molar-refractivity contribution in [3.63, 3.8) is 0 Å². The van der Waals surface area contributed by atoms with Crippen LogP contribution in [-0.4, -0.2) is 43.5 Å². The summed E-state index contributed by atoms with van der Waals surface area (Å²) in [5.41, 5.74) is -4.28. The Hall–Kier alpha value is -3.18. The maximum absolute atomic E-state index is 15.6. The molecule has 1 atom stereocenters. The first-order valence-electron chi connectivity index (χ1n) is 9.25. The smallest absolute Gasteiger partial charge is 0.323 e. The first-order chi connectivity index (χ1) is 14.8. The molecule has 0 fully saturated rings. The van der Waals surface area contributed by atoms with Crippen molar-refractivity contribution in [3.8, 4) is 0 Å². The first-order valence-corrected chi connectivity index (χ1v) is 9.25. The highest BCUT2D eigenvalue weighted by Gasteiger charge is 2.57. The van der Waals surface area contributed by atoms with E-state index in [2.05, 4.69) is 20.5 Å². The van der Waals surface area contributed by atoms with E-state index in [1.165, 1.54) is 12.3 Å². The van der Waals surface area contributed by atoms with Crippen LogP contribution in [0.3, 0.4) is 0 Å². The number of pyridine rings is 1. The topological polar surface area (TPSA) is 86.0 Å². The van der Waals surface area contributed by atoms with E-state index in [1.54, 1.807) is 12.2 Å². The number of aromatic nitrogens is 5. The zero-order valence-electron chi connectivity index (χ0n) is 16.4. The quantitative estimate of drug-likeness (QED) is 0.409. The molecule has 0 aliphatic rings. The predicted molar refractivity (Wildman–Crippen MR) is 102 cm³/mol. The van der Waals surface area contributed by atoms with Crippen LogP contribution in [0.1, 0.15) is 23.7 Å². The number of benzene rings is 1. The van der Waals surface area contributed by atoms with Crippen LogP contribution < -0.4 is 0 Å². The molecule has 31 heavy (non-hydrogen) atoms. The van der Waals surface area contributed by atoms with E-state index in [-0.39, 0.29) is 0 Å². The Bertz CT molecular complexity index is 1030. The van der Waals surface area contributed by atoms with Crippen molar-refractivity contribution in [1.82, 2.24) is 25.2 Å². The third kappa shape index (κ3) is 4.78. The number of aliphatic hydroxyl groups is 1. The summed E-state index contributed by atoms with van der Waals surface area (Å²) in [7, 11) is 0. The van der Waals surface area contributed by atoms with Crippen LogP contribution in [-0.2, 0) is 22.8 Å². The summed E-state index contributed by atoms with van der Waals surface area (Å²) in [4.78, 5) is 3.76. The highest BCUT2D eigenvalue weighted by molar-refractivity contribution is 5.48. The number of halogens is 4. The number of ether oxygens (including phenoxy) is 1. The molecule has 0 spiro atoms. The largest absolute Gasteiger partial charge is 0.378 e. The lowest BCUT2D eigenvalue weighted by Crippen LogP contribution is -2.48. The Labute approximate surface area is 175 Å². The van der Waals surface area contributed by atoms with E-state index < -0.39 is 41.0 Å². The predicted octanol–water partition coefficient (Wildman–Crippen LogP) is 3.08. The lowest BCUT2D eigenvalue weighted by molar-refractivity contribution is -0.207. The molecule has 11 heteroatoms. The van der Waals surface area contributed by atoms with Crippen LogP contribution in [0, 0.1) is 11.6 Å². The molecule has 3 aromatic rings. The van der Waals surface area contributed by atoms with Gasteiger partial charge in [-0.1, -0.05) is 18.2 Å². The molecular formula is C20H19F4N5O2. The summed E-state index contributed by atoms with van der Waals surface area (Å²) >= 11 is 0. The molecule has 0 saturated heterocycles. The van der Waals surface area contributed by atoms with Gasteiger partial charge in [0.05, 0.1) is 13.2 Å². The second kappa shape index (κ2) is 9.31. The highest BCUT2D eigenvalue weighted by atomic mass is 19.3. The van der Waals surface area contributed by atoms with Crippen LogP contribution in [0.4, 0.5) is 17.6 Å². The lowest BCUT2D eigenvalue weighted by Gasteiger charge is -2.35. The second-order valence-corrected chi connectivity index (χ2v) is 6.60. The summed E-state index contributed by atoms with van der Waals surface area (Å²) < 4.78 is 64.9. The maximum atomic E-state index is 15.6. The standard InChI is InChI=1S/C20H19F4N5O2/c1-2-31-9-3-4-14-5-8-18(25-11-14)20(23,24)19(30,12-29-13-26-27-28-29)16-7-6-15(21)10-17(16)22/h3-8,10-11,13,30H,2,9,12H2,1H3/b4-3-. The summed E-state index contributed by atoms with van der Waals surface area (Å²) in [6.07, 6.45) is 5.50. The maximum Gasteiger partial charge on any atom is 0.323 e. The van der Waals surface area contributed by atoms with Gasteiger partial charge in [0.2, 0.25) is 0 Å². The number of hydrogen-bond acceptors (Lipinski definition) is 6. The van der Waals surface area contributed by atoms with Crippen molar-refractivity contribution in [3.05, 3.63) is 77.4 Å². The van der Waals surface area contributed by atoms with Crippen LogP contribution in [0.2, 0.25) is 0 Å². The first kappa shape index (κ1) is 22.5. The van der Waals surface area contributed by atoms with Crippen molar-refractivity contribution >= 4 is 6.08 Å². The fraction of sp³-hybridized carbons (Fsp3) is 0.300. The molecule has 1 unspecified atom stereocenters. The van der Waals surface area contributed by atoms with Gasteiger partial charge in [-0.05, 0) is 41.1 Å². The minimum Gasteiger partial charge on any atom is -0.378 e. The molecule has 0 aliphatic carbocycles. The Kier molecular flexibility index (Phi) is 6.76. The van der Waals surface area contributed by atoms with E-state index in [9.17, 15) is 13.9 Å². The van der Waals surface area contributed by atoms with Gasteiger partial charge in [0.15, 0.2) is 5.60 Å². The fourth-order valence-corrected chi connectivity index (χ4v) is 2.94. The van der Waals surface area contributed by atoms with E-state index in [4.69, 9.17) is 4.74 Å². The number of tetrazole rings is 1. The van der Waals surface area contributed by atoms with E-state index in [1.807, 2.05) is 6.92 Å². The zero-order valence-corrected chi connectivity index (χ0v) is 16.4. The summed E-state index contributed by atoms with van der Waals surface area (Å²) in [6.45, 7) is 1.82. The number of alkyl halides is 2. The van der Waals surface area contributed by atoms with Crippen LogP contribution in [0.5, 0.6) is 0 Å². The van der Waals surface area contributed by atoms with E-state index in [0.717, 1.165) is 29.2 Å². The molecule has 2 aromatic heterocycles.